The van der Waals surface area contributed by atoms with Crippen LogP contribution in [0, 0.1) is 10.1 Å². The van der Waals surface area contributed by atoms with Gasteiger partial charge in [0, 0.05) is 17.7 Å². The van der Waals surface area contributed by atoms with Crippen LogP contribution in [-0.2, 0) is 0 Å². The van der Waals surface area contributed by atoms with Gasteiger partial charge in [-0.3, -0.25) is 14.9 Å². The number of nitrogens with zero attached hydrogens (tertiary/aromatic N) is 1. The first-order valence-electron chi connectivity index (χ1n) is 9.76. The minimum absolute atomic E-state index is 0.0122. The molecular weight excluding hydrogens is 376 g/mol. The standard InChI is InChI=1S/C20H26N4O3S/c1-3-22-10-12-23(13-11-22)19(18-5-4-14-28-18)15(2)21-20(25)16-6-8-17(9-7-16)24(26)27/h4-9,14-15,19H,3,10-13H2,1-2H3,(H,21,25)/p+2/t15-,19-/m0/s1. The van der Waals surface area contributed by atoms with Crippen LogP contribution in [0.4, 0.5) is 5.69 Å². The van der Waals surface area contributed by atoms with Crippen LogP contribution in [0.25, 0.3) is 0 Å². The Morgan fingerprint density at radius 2 is 1.89 bits per heavy atom. The van der Waals surface area contributed by atoms with Gasteiger partial charge in [-0.15, -0.1) is 11.3 Å². The van der Waals surface area contributed by atoms with Gasteiger partial charge in [-0.05, 0) is 37.4 Å². The molecule has 0 unspecified atom stereocenters. The van der Waals surface area contributed by atoms with Crippen molar-refractivity contribution in [3.05, 3.63) is 62.3 Å². The zero-order valence-corrected chi connectivity index (χ0v) is 17.1. The number of quaternary nitrogens is 2. The highest BCUT2D eigenvalue weighted by Crippen LogP contribution is 2.20. The quantitative estimate of drug-likeness (QED) is 0.459. The summed E-state index contributed by atoms with van der Waals surface area (Å²) >= 11 is 1.73. The van der Waals surface area contributed by atoms with Gasteiger partial charge in [-0.25, -0.2) is 0 Å². The summed E-state index contributed by atoms with van der Waals surface area (Å²) in [6, 6.07) is 10.1. The van der Waals surface area contributed by atoms with Crippen molar-refractivity contribution in [2.45, 2.75) is 25.9 Å². The molecule has 1 saturated heterocycles. The van der Waals surface area contributed by atoms with Crippen molar-refractivity contribution in [2.75, 3.05) is 32.7 Å². The smallest absolute Gasteiger partial charge is 0.269 e. The molecule has 1 aromatic heterocycles. The Morgan fingerprint density at radius 3 is 2.43 bits per heavy atom. The molecule has 1 fully saturated rings. The lowest BCUT2D eigenvalue weighted by molar-refractivity contribution is -1.03. The second-order valence-corrected chi connectivity index (χ2v) is 8.30. The first-order valence-corrected chi connectivity index (χ1v) is 10.6. The maximum atomic E-state index is 12.7. The fourth-order valence-corrected chi connectivity index (χ4v) is 4.96. The average Bonchev–Trinajstić information content (AvgIpc) is 3.23. The molecule has 1 aliphatic heterocycles. The van der Waals surface area contributed by atoms with Gasteiger partial charge >= 0.3 is 0 Å². The third-order valence-corrected chi connectivity index (χ3v) is 6.54. The third kappa shape index (κ3) is 4.76. The van der Waals surface area contributed by atoms with Crippen LogP contribution >= 0.6 is 11.3 Å². The van der Waals surface area contributed by atoms with E-state index < -0.39 is 4.92 Å². The number of likely N-dealkylation sites (N-methyl/N-ethyl adjacent to an activating group) is 1. The number of hydrogen-bond donors (Lipinski definition) is 3. The molecule has 0 bridgehead atoms. The summed E-state index contributed by atoms with van der Waals surface area (Å²) in [5, 5.41) is 16.0. The van der Waals surface area contributed by atoms with E-state index in [9.17, 15) is 14.9 Å². The van der Waals surface area contributed by atoms with Crippen LogP contribution in [0.15, 0.2) is 41.8 Å². The largest absolute Gasteiger partial charge is 0.343 e. The number of piperazine rings is 1. The van der Waals surface area contributed by atoms with Crippen LogP contribution in [0.1, 0.15) is 35.1 Å². The van der Waals surface area contributed by atoms with Crippen molar-refractivity contribution in [1.29, 1.82) is 0 Å². The molecule has 3 N–H and O–H groups in total. The molecule has 0 radical (unpaired) electrons. The van der Waals surface area contributed by atoms with E-state index >= 15 is 0 Å². The number of carbonyl (C=O) groups excluding carboxylic acids is 1. The van der Waals surface area contributed by atoms with E-state index in [1.807, 2.05) is 0 Å². The number of nitrogens with one attached hydrogen (secondary N) is 3. The molecular formula is C20H28N4O3S+2. The molecule has 7 nitrogen and oxygen atoms in total. The number of non-ortho nitro benzene ring substituents is 1. The Labute approximate surface area is 169 Å². The first-order chi connectivity index (χ1) is 13.5. The Balaban J connectivity index is 1.71. The van der Waals surface area contributed by atoms with Crippen LogP contribution < -0.4 is 15.1 Å². The third-order valence-electron chi connectivity index (χ3n) is 5.59. The SMILES string of the molecule is CC[NH+]1CC[NH+]([C@H](c2cccs2)[C@H](C)NC(=O)c2ccc([N+](=O)[O-])cc2)CC1. The molecule has 0 aliphatic carbocycles. The molecule has 150 valence electrons. The second kappa shape index (κ2) is 9.27. The van der Waals surface area contributed by atoms with Crippen LogP contribution in [0.5, 0.6) is 0 Å². The Hall–Kier alpha value is -2.29. The second-order valence-electron chi connectivity index (χ2n) is 7.32. The average molecular weight is 405 g/mol. The predicted octanol–water partition coefficient (Wildman–Crippen LogP) is 0.319. The molecule has 8 heteroatoms. The zero-order chi connectivity index (χ0) is 20.1. The molecule has 3 rings (SSSR count). The normalized spacial score (nSPS) is 21.6. The van der Waals surface area contributed by atoms with Gasteiger partial charge in [0.15, 0.2) is 0 Å². The molecule has 2 heterocycles. The Bertz CT molecular complexity index is 786. The minimum Gasteiger partial charge on any atom is -0.343 e. The molecule has 1 aliphatic rings. The number of hydrogen-bond acceptors (Lipinski definition) is 4. The molecule has 1 aromatic carbocycles. The van der Waals surface area contributed by atoms with Crippen molar-refractivity contribution in [3.8, 4) is 0 Å². The fraction of sp³-hybridized carbons (Fsp3) is 0.450. The van der Waals surface area contributed by atoms with Gasteiger partial charge in [0.25, 0.3) is 11.6 Å². The topological polar surface area (TPSA) is 81.1 Å². The van der Waals surface area contributed by atoms with E-state index in [1.165, 1.54) is 34.0 Å². The molecule has 2 atom stereocenters. The van der Waals surface area contributed by atoms with E-state index in [-0.39, 0.29) is 23.7 Å². The summed E-state index contributed by atoms with van der Waals surface area (Å²) in [5.41, 5.74) is 0.430. The highest BCUT2D eigenvalue weighted by atomic mass is 32.1. The van der Waals surface area contributed by atoms with Gasteiger partial charge < -0.3 is 15.1 Å². The molecule has 0 spiro atoms. The summed E-state index contributed by atoms with van der Waals surface area (Å²) in [7, 11) is 0. The summed E-state index contributed by atoms with van der Waals surface area (Å²) in [5.74, 6) is -0.193. The van der Waals surface area contributed by atoms with E-state index in [0.29, 0.717) is 5.56 Å². The monoisotopic (exact) mass is 404 g/mol. The van der Waals surface area contributed by atoms with E-state index in [0.717, 1.165) is 32.7 Å². The predicted molar refractivity (Wildman–Crippen MR) is 109 cm³/mol. The number of benzene rings is 1. The molecule has 1 amide bonds. The van der Waals surface area contributed by atoms with Crippen molar-refractivity contribution in [3.63, 3.8) is 0 Å². The lowest BCUT2D eigenvalue weighted by Crippen LogP contribution is -3.28. The number of rotatable bonds is 7. The van der Waals surface area contributed by atoms with Crippen LogP contribution in [-0.4, -0.2) is 49.6 Å². The van der Waals surface area contributed by atoms with Crippen molar-refractivity contribution in [1.82, 2.24) is 5.32 Å². The van der Waals surface area contributed by atoms with Crippen LogP contribution in [0.3, 0.4) is 0 Å². The maximum Gasteiger partial charge on any atom is 0.269 e. The van der Waals surface area contributed by atoms with Crippen molar-refractivity contribution < 1.29 is 19.5 Å². The highest BCUT2D eigenvalue weighted by molar-refractivity contribution is 7.10. The lowest BCUT2D eigenvalue weighted by Gasteiger charge is -2.36. The van der Waals surface area contributed by atoms with Crippen LogP contribution in [0.2, 0.25) is 0 Å². The lowest BCUT2D eigenvalue weighted by atomic mass is 10.0. The van der Waals surface area contributed by atoms with Crippen molar-refractivity contribution >= 4 is 22.9 Å². The van der Waals surface area contributed by atoms with Gasteiger partial charge in [-0.2, -0.15) is 0 Å². The molecule has 0 saturated carbocycles. The van der Waals surface area contributed by atoms with Gasteiger partial charge in [0.2, 0.25) is 0 Å². The summed E-state index contributed by atoms with van der Waals surface area (Å²) in [6.07, 6.45) is 0. The maximum absolute atomic E-state index is 12.7. The minimum atomic E-state index is -0.460. The Kier molecular flexibility index (Phi) is 6.77. The number of amides is 1. The molecule has 2 aromatic rings. The van der Waals surface area contributed by atoms with Crippen molar-refractivity contribution in [2.24, 2.45) is 0 Å². The number of nitro groups is 1. The van der Waals surface area contributed by atoms with E-state index in [1.54, 1.807) is 16.2 Å². The van der Waals surface area contributed by atoms with E-state index in [4.69, 9.17) is 0 Å². The summed E-state index contributed by atoms with van der Waals surface area (Å²) in [6.45, 7) is 9.91. The summed E-state index contributed by atoms with van der Waals surface area (Å²) in [4.78, 5) is 27.5. The first kappa shape index (κ1) is 20.4. The highest BCUT2D eigenvalue weighted by Gasteiger charge is 2.35. The fourth-order valence-electron chi connectivity index (χ4n) is 3.97. The summed E-state index contributed by atoms with van der Waals surface area (Å²) < 4.78 is 0. The Morgan fingerprint density at radius 1 is 1.21 bits per heavy atom. The van der Waals surface area contributed by atoms with Gasteiger partial charge in [0.05, 0.1) is 22.4 Å². The zero-order valence-electron chi connectivity index (χ0n) is 16.3. The molecule has 28 heavy (non-hydrogen) atoms. The number of carbonyl (C=O) groups is 1. The number of thiophene rings is 1. The van der Waals surface area contributed by atoms with Gasteiger partial charge in [0.1, 0.15) is 32.2 Å². The van der Waals surface area contributed by atoms with E-state index in [2.05, 4.69) is 36.7 Å². The van der Waals surface area contributed by atoms with Gasteiger partial charge in [-0.1, -0.05) is 6.07 Å². The number of nitro benzene ring substituents is 1.